The van der Waals surface area contributed by atoms with Crippen LogP contribution in [0.25, 0.3) is 0 Å². The Morgan fingerprint density at radius 1 is 1.19 bits per heavy atom. The average molecular weight is 286 g/mol. The van der Waals surface area contributed by atoms with E-state index in [0.717, 1.165) is 24.2 Å². The van der Waals surface area contributed by atoms with E-state index in [9.17, 15) is 5.11 Å². The number of benzene rings is 1. The summed E-state index contributed by atoms with van der Waals surface area (Å²) in [7, 11) is 0. The van der Waals surface area contributed by atoms with Crippen LogP contribution in [0.1, 0.15) is 62.7 Å². The lowest BCUT2D eigenvalue weighted by Crippen LogP contribution is -2.20. The first-order chi connectivity index (χ1) is 10.0. The van der Waals surface area contributed by atoms with Gasteiger partial charge in [-0.3, -0.25) is 0 Å². The quantitative estimate of drug-likeness (QED) is 0.924. The summed E-state index contributed by atoms with van der Waals surface area (Å²) in [4.78, 5) is 4.56. The van der Waals surface area contributed by atoms with Crippen LogP contribution in [0.4, 0.5) is 0 Å². The van der Waals surface area contributed by atoms with Gasteiger partial charge in [0.1, 0.15) is 5.75 Å². The summed E-state index contributed by atoms with van der Waals surface area (Å²) in [5, 5.41) is 13.5. The van der Waals surface area contributed by atoms with Gasteiger partial charge in [-0.15, -0.1) is 0 Å². The maximum Gasteiger partial charge on any atom is 0.231 e. The van der Waals surface area contributed by atoms with Crippen molar-refractivity contribution >= 4 is 0 Å². The van der Waals surface area contributed by atoms with Crippen LogP contribution in [0.15, 0.2) is 28.8 Å². The molecule has 21 heavy (non-hydrogen) atoms. The number of hydrogen-bond acceptors (Lipinski definition) is 4. The maximum absolute atomic E-state index is 9.29. The van der Waals surface area contributed by atoms with Crippen molar-refractivity contribution in [2.45, 2.75) is 51.9 Å². The Labute approximate surface area is 125 Å². The third kappa shape index (κ3) is 3.43. The van der Waals surface area contributed by atoms with Crippen molar-refractivity contribution in [3.05, 3.63) is 41.5 Å². The molecule has 1 aromatic carbocycles. The molecule has 1 aliphatic carbocycles. The van der Waals surface area contributed by atoms with E-state index in [4.69, 9.17) is 4.52 Å². The van der Waals surface area contributed by atoms with Crippen LogP contribution in [-0.2, 0) is 6.42 Å². The van der Waals surface area contributed by atoms with Gasteiger partial charge < -0.3 is 9.63 Å². The molecule has 3 rings (SSSR count). The number of rotatable bonds is 3. The fourth-order valence-corrected chi connectivity index (χ4v) is 2.95. The van der Waals surface area contributed by atoms with E-state index in [1.807, 2.05) is 12.1 Å². The Kier molecular flexibility index (Phi) is 3.70. The molecular weight excluding hydrogens is 264 g/mol. The van der Waals surface area contributed by atoms with Gasteiger partial charge in [0, 0.05) is 5.92 Å². The first kappa shape index (κ1) is 14.1. The first-order valence-corrected chi connectivity index (χ1v) is 7.62. The van der Waals surface area contributed by atoms with Gasteiger partial charge in [-0.1, -0.05) is 31.1 Å². The summed E-state index contributed by atoms with van der Waals surface area (Å²) in [6.07, 6.45) is 5.35. The zero-order chi connectivity index (χ0) is 14.9. The predicted molar refractivity (Wildman–Crippen MR) is 80.2 cm³/mol. The van der Waals surface area contributed by atoms with E-state index in [2.05, 4.69) is 24.0 Å². The number of aromatic nitrogens is 2. The third-order valence-electron chi connectivity index (χ3n) is 4.48. The molecule has 1 fully saturated rings. The van der Waals surface area contributed by atoms with Crippen LogP contribution in [0, 0.1) is 5.41 Å². The molecule has 1 heterocycles. The molecule has 1 saturated carbocycles. The number of aromatic hydroxyl groups is 1. The molecule has 1 aromatic heterocycles. The molecule has 2 aromatic rings. The standard InChI is InChI=1S/C17H22N2O2/c1-17(2)9-7-13(8-10-17)16-18-15(21-19-16)11-12-3-5-14(20)6-4-12/h3-6,13,20H,7-11H2,1-2H3. The largest absolute Gasteiger partial charge is 0.508 e. The normalized spacial score (nSPS) is 18.8. The smallest absolute Gasteiger partial charge is 0.231 e. The number of hydrogen-bond donors (Lipinski definition) is 1. The molecular formula is C17H22N2O2. The molecule has 0 bridgehead atoms. The van der Waals surface area contributed by atoms with Gasteiger partial charge in [-0.05, 0) is 48.8 Å². The topological polar surface area (TPSA) is 59.2 Å². The third-order valence-corrected chi connectivity index (χ3v) is 4.48. The van der Waals surface area contributed by atoms with Crippen LogP contribution in [-0.4, -0.2) is 15.2 Å². The lowest BCUT2D eigenvalue weighted by Gasteiger charge is -2.32. The number of phenolic OH excluding ortho intramolecular Hbond substituents is 1. The van der Waals surface area contributed by atoms with Crippen LogP contribution in [0.5, 0.6) is 5.75 Å². The molecule has 1 aliphatic rings. The van der Waals surface area contributed by atoms with E-state index in [-0.39, 0.29) is 5.75 Å². The van der Waals surface area contributed by atoms with Gasteiger partial charge in [0.05, 0.1) is 6.42 Å². The minimum absolute atomic E-state index is 0.273. The lowest BCUT2D eigenvalue weighted by molar-refractivity contribution is 0.218. The van der Waals surface area contributed by atoms with Gasteiger partial charge in [0.2, 0.25) is 5.89 Å². The van der Waals surface area contributed by atoms with E-state index in [1.54, 1.807) is 12.1 Å². The highest BCUT2D eigenvalue weighted by Gasteiger charge is 2.30. The highest BCUT2D eigenvalue weighted by molar-refractivity contribution is 5.27. The van der Waals surface area contributed by atoms with Crippen LogP contribution in [0.3, 0.4) is 0 Å². The average Bonchev–Trinajstić information content (AvgIpc) is 2.90. The molecule has 0 aliphatic heterocycles. The molecule has 0 radical (unpaired) electrons. The fourth-order valence-electron chi connectivity index (χ4n) is 2.95. The van der Waals surface area contributed by atoms with Crippen LogP contribution >= 0.6 is 0 Å². The second-order valence-electron chi connectivity index (χ2n) is 6.83. The van der Waals surface area contributed by atoms with Crippen LogP contribution in [0.2, 0.25) is 0 Å². The first-order valence-electron chi connectivity index (χ1n) is 7.62. The molecule has 0 amide bonds. The second kappa shape index (κ2) is 5.51. The predicted octanol–water partition coefficient (Wildman–Crippen LogP) is 4.05. The van der Waals surface area contributed by atoms with Gasteiger partial charge in [0.25, 0.3) is 0 Å². The minimum Gasteiger partial charge on any atom is -0.508 e. The van der Waals surface area contributed by atoms with E-state index < -0.39 is 0 Å². The fraction of sp³-hybridized carbons (Fsp3) is 0.529. The van der Waals surface area contributed by atoms with Gasteiger partial charge >= 0.3 is 0 Å². The number of nitrogens with zero attached hydrogens (tertiary/aromatic N) is 2. The molecule has 4 heteroatoms. The zero-order valence-electron chi connectivity index (χ0n) is 12.7. The summed E-state index contributed by atoms with van der Waals surface area (Å²) in [6.45, 7) is 4.66. The maximum atomic E-state index is 9.29. The molecule has 112 valence electrons. The molecule has 0 saturated heterocycles. The summed E-state index contributed by atoms with van der Waals surface area (Å²) in [5.41, 5.74) is 1.52. The Hall–Kier alpha value is -1.84. The Morgan fingerprint density at radius 2 is 1.86 bits per heavy atom. The van der Waals surface area contributed by atoms with Crippen molar-refractivity contribution in [1.29, 1.82) is 0 Å². The Balaban J connectivity index is 1.65. The SMILES string of the molecule is CC1(C)CCC(c2noc(Cc3ccc(O)cc3)n2)CC1. The zero-order valence-corrected chi connectivity index (χ0v) is 12.7. The molecule has 0 spiro atoms. The molecule has 4 nitrogen and oxygen atoms in total. The molecule has 0 unspecified atom stereocenters. The number of phenols is 1. The van der Waals surface area contributed by atoms with Gasteiger partial charge in [0.15, 0.2) is 5.82 Å². The summed E-state index contributed by atoms with van der Waals surface area (Å²) in [6, 6.07) is 7.11. The molecule has 1 N–H and O–H groups in total. The van der Waals surface area contributed by atoms with Crippen molar-refractivity contribution in [2.75, 3.05) is 0 Å². The highest BCUT2D eigenvalue weighted by Crippen LogP contribution is 2.41. The van der Waals surface area contributed by atoms with Crippen molar-refractivity contribution in [1.82, 2.24) is 10.1 Å². The highest BCUT2D eigenvalue weighted by atomic mass is 16.5. The summed E-state index contributed by atoms with van der Waals surface area (Å²) < 4.78 is 5.38. The lowest BCUT2D eigenvalue weighted by atomic mass is 9.73. The second-order valence-corrected chi connectivity index (χ2v) is 6.83. The van der Waals surface area contributed by atoms with Crippen LogP contribution < -0.4 is 0 Å². The van der Waals surface area contributed by atoms with E-state index in [0.29, 0.717) is 23.6 Å². The van der Waals surface area contributed by atoms with Gasteiger partial charge in [-0.2, -0.15) is 4.98 Å². The summed E-state index contributed by atoms with van der Waals surface area (Å²) in [5.74, 6) is 2.23. The van der Waals surface area contributed by atoms with Crippen molar-refractivity contribution < 1.29 is 9.63 Å². The van der Waals surface area contributed by atoms with E-state index in [1.165, 1.54) is 12.8 Å². The molecule has 0 atom stereocenters. The minimum atomic E-state index is 0.273. The monoisotopic (exact) mass is 286 g/mol. The van der Waals surface area contributed by atoms with Crippen molar-refractivity contribution in [2.24, 2.45) is 5.41 Å². The summed E-state index contributed by atoms with van der Waals surface area (Å²) >= 11 is 0. The van der Waals surface area contributed by atoms with Crippen molar-refractivity contribution in [3.8, 4) is 5.75 Å². The Morgan fingerprint density at radius 3 is 2.52 bits per heavy atom. The van der Waals surface area contributed by atoms with Crippen molar-refractivity contribution in [3.63, 3.8) is 0 Å². The van der Waals surface area contributed by atoms with Gasteiger partial charge in [-0.25, -0.2) is 0 Å². The Bertz CT molecular complexity index is 592. The van der Waals surface area contributed by atoms with E-state index >= 15 is 0 Å².